The summed E-state index contributed by atoms with van der Waals surface area (Å²) >= 11 is 0. The van der Waals surface area contributed by atoms with Crippen LogP contribution in [0.25, 0.3) is 0 Å². The van der Waals surface area contributed by atoms with Crippen LogP contribution in [-0.4, -0.2) is 35.1 Å². The number of carboxylic acid groups (broad SMARTS) is 1. The van der Waals surface area contributed by atoms with E-state index in [1.54, 1.807) is 0 Å². The molecule has 1 saturated heterocycles. The molecule has 1 heterocycles. The molecule has 1 aliphatic rings. The lowest BCUT2D eigenvalue weighted by molar-refractivity contribution is -0.138. The number of hydrogen-bond donors (Lipinski definition) is 1. The minimum absolute atomic E-state index is 0.356. The highest BCUT2D eigenvalue weighted by atomic mass is 16.4. The van der Waals surface area contributed by atoms with Crippen LogP contribution in [0.3, 0.4) is 0 Å². The molecule has 1 unspecified atom stereocenters. The molecule has 82 valence electrons. The maximum Gasteiger partial charge on any atom is 0.303 e. The van der Waals surface area contributed by atoms with Gasteiger partial charge in [0.05, 0.1) is 0 Å². The van der Waals surface area contributed by atoms with Gasteiger partial charge in [-0.1, -0.05) is 6.92 Å². The average Bonchev–Trinajstić information content (AvgIpc) is 2.17. The van der Waals surface area contributed by atoms with Crippen molar-refractivity contribution in [3.63, 3.8) is 0 Å². The van der Waals surface area contributed by atoms with Crippen molar-refractivity contribution < 1.29 is 9.90 Å². The summed E-state index contributed by atoms with van der Waals surface area (Å²) in [7, 11) is 0. The van der Waals surface area contributed by atoms with Gasteiger partial charge in [-0.2, -0.15) is 0 Å². The Balaban J connectivity index is 2.27. The van der Waals surface area contributed by atoms with E-state index in [-0.39, 0.29) is 0 Å². The fourth-order valence-corrected chi connectivity index (χ4v) is 2.10. The van der Waals surface area contributed by atoms with E-state index in [0.717, 1.165) is 25.9 Å². The van der Waals surface area contributed by atoms with E-state index >= 15 is 0 Å². The minimum atomic E-state index is -0.646. The third-order valence-corrected chi connectivity index (χ3v) is 3.33. The van der Waals surface area contributed by atoms with Crippen molar-refractivity contribution in [2.24, 2.45) is 5.92 Å². The summed E-state index contributed by atoms with van der Waals surface area (Å²) < 4.78 is 0. The van der Waals surface area contributed by atoms with Crippen molar-refractivity contribution in [2.75, 3.05) is 13.1 Å². The number of carboxylic acids is 1. The normalized spacial score (nSPS) is 22.1. The van der Waals surface area contributed by atoms with Crippen LogP contribution in [0.2, 0.25) is 0 Å². The number of aliphatic carboxylic acids is 1. The van der Waals surface area contributed by atoms with Crippen molar-refractivity contribution in [3.8, 4) is 0 Å². The minimum Gasteiger partial charge on any atom is -0.481 e. The van der Waals surface area contributed by atoms with Gasteiger partial charge in [-0.15, -0.1) is 0 Å². The zero-order chi connectivity index (χ0) is 10.6. The predicted molar refractivity (Wildman–Crippen MR) is 56.3 cm³/mol. The molecule has 1 fully saturated rings. The Morgan fingerprint density at radius 3 is 2.50 bits per heavy atom. The zero-order valence-corrected chi connectivity index (χ0v) is 9.20. The van der Waals surface area contributed by atoms with Crippen LogP contribution in [0.4, 0.5) is 0 Å². The first kappa shape index (κ1) is 11.5. The molecule has 0 aromatic rings. The molecule has 0 amide bonds. The van der Waals surface area contributed by atoms with Crippen LogP contribution in [0.5, 0.6) is 0 Å². The number of piperidine rings is 1. The van der Waals surface area contributed by atoms with Gasteiger partial charge in [0.25, 0.3) is 0 Å². The molecule has 0 bridgehead atoms. The van der Waals surface area contributed by atoms with Gasteiger partial charge in [-0.3, -0.25) is 4.79 Å². The first-order chi connectivity index (χ1) is 6.63. The molecule has 3 heteroatoms. The van der Waals surface area contributed by atoms with Crippen LogP contribution in [-0.2, 0) is 4.79 Å². The number of rotatable bonds is 4. The van der Waals surface area contributed by atoms with Crippen molar-refractivity contribution in [2.45, 2.75) is 45.6 Å². The number of carbonyl (C=O) groups is 1. The van der Waals surface area contributed by atoms with Crippen LogP contribution < -0.4 is 0 Å². The highest BCUT2D eigenvalue weighted by molar-refractivity contribution is 5.67. The van der Waals surface area contributed by atoms with Gasteiger partial charge in [0, 0.05) is 12.5 Å². The highest BCUT2D eigenvalue weighted by Gasteiger charge is 2.23. The molecule has 0 aliphatic carbocycles. The lowest BCUT2D eigenvalue weighted by Crippen LogP contribution is -2.39. The average molecular weight is 199 g/mol. The summed E-state index contributed by atoms with van der Waals surface area (Å²) in [5.41, 5.74) is 0. The van der Waals surface area contributed by atoms with Gasteiger partial charge in [-0.05, 0) is 45.2 Å². The predicted octanol–water partition coefficient (Wildman–Crippen LogP) is 1.97. The Labute approximate surface area is 86.1 Å². The quantitative estimate of drug-likeness (QED) is 0.752. The summed E-state index contributed by atoms with van der Waals surface area (Å²) in [4.78, 5) is 13.0. The fourth-order valence-electron chi connectivity index (χ4n) is 2.10. The van der Waals surface area contributed by atoms with Gasteiger partial charge in [0.1, 0.15) is 0 Å². The molecule has 1 rings (SSSR count). The van der Waals surface area contributed by atoms with Gasteiger partial charge in [0.15, 0.2) is 0 Å². The zero-order valence-electron chi connectivity index (χ0n) is 9.20. The topological polar surface area (TPSA) is 40.5 Å². The third kappa shape index (κ3) is 3.29. The maximum atomic E-state index is 10.5. The van der Waals surface area contributed by atoms with Crippen molar-refractivity contribution in [1.29, 1.82) is 0 Å². The Bertz CT molecular complexity index is 186. The smallest absolute Gasteiger partial charge is 0.303 e. The van der Waals surface area contributed by atoms with Gasteiger partial charge >= 0.3 is 5.97 Å². The van der Waals surface area contributed by atoms with E-state index in [0.29, 0.717) is 18.4 Å². The summed E-state index contributed by atoms with van der Waals surface area (Å²) in [6.07, 6.45) is 3.64. The second-order valence-electron chi connectivity index (χ2n) is 4.33. The van der Waals surface area contributed by atoms with Crippen LogP contribution >= 0.6 is 0 Å². The van der Waals surface area contributed by atoms with Crippen LogP contribution in [0.15, 0.2) is 0 Å². The van der Waals surface area contributed by atoms with E-state index in [2.05, 4.69) is 18.7 Å². The van der Waals surface area contributed by atoms with Gasteiger partial charge < -0.3 is 10.0 Å². The molecule has 0 aromatic carbocycles. The Morgan fingerprint density at radius 2 is 2.07 bits per heavy atom. The molecule has 0 aromatic heterocycles. The van der Waals surface area contributed by atoms with Crippen LogP contribution in [0, 0.1) is 5.92 Å². The van der Waals surface area contributed by atoms with Crippen LogP contribution in [0.1, 0.15) is 39.5 Å². The maximum absolute atomic E-state index is 10.5. The molecule has 0 spiro atoms. The SMILES string of the molecule is CCC(C)N1CCC(CC(=O)O)CC1. The van der Waals surface area contributed by atoms with Crippen molar-refractivity contribution in [1.82, 2.24) is 4.90 Å². The lowest BCUT2D eigenvalue weighted by atomic mass is 9.93. The summed E-state index contributed by atoms with van der Waals surface area (Å²) in [6.45, 7) is 6.60. The second kappa shape index (κ2) is 5.35. The van der Waals surface area contributed by atoms with E-state index in [4.69, 9.17) is 5.11 Å². The molecular formula is C11H21NO2. The largest absolute Gasteiger partial charge is 0.481 e. The molecule has 1 atom stereocenters. The standard InChI is InChI=1S/C11H21NO2/c1-3-9(2)12-6-4-10(5-7-12)8-11(13)14/h9-10H,3-8H2,1-2H3,(H,13,14). The van der Waals surface area contributed by atoms with Crippen molar-refractivity contribution in [3.05, 3.63) is 0 Å². The van der Waals surface area contributed by atoms with Crippen molar-refractivity contribution >= 4 is 5.97 Å². The number of hydrogen-bond acceptors (Lipinski definition) is 2. The van der Waals surface area contributed by atoms with E-state index < -0.39 is 5.97 Å². The first-order valence-electron chi connectivity index (χ1n) is 5.59. The molecule has 1 aliphatic heterocycles. The Morgan fingerprint density at radius 1 is 1.50 bits per heavy atom. The Hall–Kier alpha value is -0.570. The van der Waals surface area contributed by atoms with E-state index in [1.807, 2.05) is 0 Å². The Kier molecular flexibility index (Phi) is 4.39. The molecular weight excluding hydrogens is 178 g/mol. The highest BCUT2D eigenvalue weighted by Crippen LogP contribution is 2.22. The third-order valence-electron chi connectivity index (χ3n) is 3.33. The second-order valence-corrected chi connectivity index (χ2v) is 4.33. The lowest BCUT2D eigenvalue weighted by Gasteiger charge is -2.35. The molecule has 1 N–H and O–H groups in total. The van der Waals surface area contributed by atoms with E-state index in [9.17, 15) is 4.79 Å². The summed E-state index contributed by atoms with van der Waals surface area (Å²) in [5.74, 6) is -0.236. The first-order valence-corrected chi connectivity index (χ1v) is 5.59. The molecule has 3 nitrogen and oxygen atoms in total. The van der Waals surface area contributed by atoms with Gasteiger partial charge in [-0.25, -0.2) is 0 Å². The summed E-state index contributed by atoms with van der Waals surface area (Å²) in [5, 5.41) is 8.67. The molecule has 0 saturated carbocycles. The fraction of sp³-hybridized carbons (Fsp3) is 0.909. The molecule has 0 radical (unpaired) electrons. The summed E-state index contributed by atoms with van der Waals surface area (Å²) in [6, 6.07) is 0.653. The molecule has 14 heavy (non-hydrogen) atoms. The number of likely N-dealkylation sites (tertiary alicyclic amines) is 1. The monoisotopic (exact) mass is 199 g/mol. The number of nitrogens with zero attached hydrogens (tertiary/aromatic N) is 1. The van der Waals surface area contributed by atoms with Gasteiger partial charge in [0.2, 0.25) is 0 Å². The van der Waals surface area contributed by atoms with E-state index in [1.165, 1.54) is 6.42 Å².